The van der Waals surface area contributed by atoms with Crippen molar-refractivity contribution in [2.45, 2.75) is 33.4 Å². The highest BCUT2D eigenvalue weighted by atomic mass is 15.2. The summed E-state index contributed by atoms with van der Waals surface area (Å²) in [6.07, 6.45) is 3.72. The molecule has 0 atom stereocenters. The van der Waals surface area contributed by atoms with Gasteiger partial charge in [0.2, 0.25) is 0 Å². The van der Waals surface area contributed by atoms with Crippen molar-refractivity contribution in [1.29, 1.82) is 0 Å². The van der Waals surface area contributed by atoms with Crippen LogP contribution in [0.3, 0.4) is 0 Å². The molecule has 0 saturated heterocycles. The molecular formula is C13H23N3. The Hall–Kier alpha value is -0.930. The van der Waals surface area contributed by atoms with E-state index in [1.54, 1.807) is 6.20 Å². The third-order valence-electron chi connectivity index (χ3n) is 2.76. The minimum atomic E-state index is 0.630. The summed E-state index contributed by atoms with van der Waals surface area (Å²) in [5, 5.41) is 3.44. The summed E-state index contributed by atoms with van der Waals surface area (Å²) in [6.45, 7) is 10.8. The van der Waals surface area contributed by atoms with Crippen molar-refractivity contribution in [3.05, 3.63) is 30.1 Å². The molecule has 0 aliphatic heterocycles. The summed E-state index contributed by atoms with van der Waals surface area (Å²) in [4.78, 5) is 6.55. The van der Waals surface area contributed by atoms with E-state index in [0.29, 0.717) is 6.04 Å². The molecule has 1 rings (SSSR count). The van der Waals surface area contributed by atoms with Crippen molar-refractivity contribution in [3.8, 4) is 0 Å². The van der Waals surface area contributed by atoms with Gasteiger partial charge < -0.3 is 5.32 Å². The lowest BCUT2D eigenvalue weighted by molar-refractivity contribution is 0.233. The molecule has 0 saturated carbocycles. The van der Waals surface area contributed by atoms with Crippen molar-refractivity contribution < 1.29 is 0 Å². The molecule has 3 heteroatoms. The van der Waals surface area contributed by atoms with Crippen LogP contribution in [0.15, 0.2) is 24.5 Å². The molecule has 0 amide bonds. The van der Waals surface area contributed by atoms with E-state index in [2.05, 4.69) is 42.0 Å². The van der Waals surface area contributed by atoms with E-state index >= 15 is 0 Å². The van der Waals surface area contributed by atoms with E-state index in [1.807, 2.05) is 12.3 Å². The quantitative estimate of drug-likeness (QED) is 0.713. The molecule has 0 aliphatic carbocycles. The molecule has 0 spiro atoms. The van der Waals surface area contributed by atoms with Crippen LogP contribution < -0.4 is 5.32 Å². The van der Waals surface area contributed by atoms with Gasteiger partial charge in [-0.2, -0.15) is 0 Å². The summed E-state index contributed by atoms with van der Waals surface area (Å²) >= 11 is 0. The summed E-state index contributed by atoms with van der Waals surface area (Å²) < 4.78 is 0. The first-order valence-corrected chi connectivity index (χ1v) is 6.07. The lowest BCUT2D eigenvalue weighted by Crippen LogP contribution is -2.36. The van der Waals surface area contributed by atoms with Crippen molar-refractivity contribution in [3.63, 3.8) is 0 Å². The Labute approximate surface area is 98.9 Å². The first-order chi connectivity index (χ1) is 7.74. The second kappa shape index (κ2) is 7.36. The number of aromatic nitrogens is 1. The summed E-state index contributed by atoms with van der Waals surface area (Å²) in [5.41, 5.74) is 1.25. The zero-order valence-electron chi connectivity index (χ0n) is 10.6. The van der Waals surface area contributed by atoms with E-state index in [9.17, 15) is 0 Å². The highest BCUT2D eigenvalue weighted by Gasteiger charge is 2.05. The SMILES string of the molecule is CCN(CCNCc1cccnc1)C(C)C. The Bertz CT molecular complexity index is 272. The standard InChI is InChI=1S/C13H23N3/c1-4-16(12(2)3)9-8-15-11-13-6-5-7-14-10-13/h5-7,10,12,15H,4,8-9,11H2,1-3H3. The fourth-order valence-electron chi connectivity index (χ4n) is 1.74. The van der Waals surface area contributed by atoms with Gasteiger partial charge in [-0.15, -0.1) is 0 Å². The van der Waals surface area contributed by atoms with Crippen molar-refractivity contribution in [1.82, 2.24) is 15.2 Å². The number of rotatable bonds is 7. The van der Waals surface area contributed by atoms with Gasteiger partial charge >= 0.3 is 0 Å². The fourth-order valence-corrected chi connectivity index (χ4v) is 1.74. The molecule has 1 aromatic heterocycles. The molecule has 0 bridgehead atoms. The Kier molecular flexibility index (Phi) is 6.04. The van der Waals surface area contributed by atoms with E-state index in [4.69, 9.17) is 0 Å². The first kappa shape index (κ1) is 13.1. The fraction of sp³-hybridized carbons (Fsp3) is 0.615. The van der Waals surface area contributed by atoms with Gasteiger partial charge in [0, 0.05) is 38.1 Å². The Morgan fingerprint density at radius 1 is 1.44 bits per heavy atom. The van der Waals surface area contributed by atoms with E-state index in [0.717, 1.165) is 26.2 Å². The van der Waals surface area contributed by atoms with Gasteiger partial charge in [0.1, 0.15) is 0 Å². The second-order valence-corrected chi connectivity index (χ2v) is 4.26. The molecule has 0 radical (unpaired) electrons. The topological polar surface area (TPSA) is 28.2 Å². The zero-order valence-corrected chi connectivity index (χ0v) is 10.6. The van der Waals surface area contributed by atoms with Crippen LogP contribution in [0.4, 0.5) is 0 Å². The van der Waals surface area contributed by atoms with Crippen LogP contribution >= 0.6 is 0 Å². The number of hydrogen-bond donors (Lipinski definition) is 1. The van der Waals surface area contributed by atoms with Crippen LogP contribution in [0.25, 0.3) is 0 Å². The Morgan fingerprint density at radius 3 is 2.81 bits per heavy atom. The molecule has 0 unspecified atom stereocenters. The predicted octanol–water partition coefficient (Wildman–Crippen LogP) is 1.90. The van der Waals surface area contributed by atoms with Crippen LogP contribution in [0.2, 0.25) is 0 Å². The molecule has 3 nitrogen and oxygen atoms in total. The number of likely N-dealkylation sites (N-methyl/N-ethyl adjacent to an activating group) is 1. The highest BCUT2D eigenvalue weighted by molar-refractivity contribution is 5.07. The lowest BCUT2D eigenvalue weighted by Gasteiger charge is -2.24. The molecule has 16 heavy (non-hydrogen) atoms. The monoisotopic (exact) mass is 221 g/mol. The predicted molar refractivity (Wildman–Crippen MR) is 68.3 cm³/mol. The smallest absolute Gasteiger partial charge is 0.0312 e. The number of nitrogens with zero attached hydrogens (tertiary/aromatic N) is 2. The van der Waals surface area contributed by atoms with Crippen LogP contribution in [0.1, 0.15) is 26.3 Å². The molecule has 0 aliphatic rings. The maximum atomic E-state index is 4.09. The van der Waals surface area contributed by atoms with E-state index in [-0.39, 0.29) is 0 Å². The molecule has 1 aromatic rings. The summed E-state index contributed by atoms with van der Waals surface area (Å²) in [6, 6.07) is 4.70. The average Bonchev–Trinajstić information content (AvgIpc) is 2.30. The van der Waals surface area contributed by atoms with Gasteiger partial charge in [0.15, 0.2) is 0 Å². The minimum absolute atomic E-state index is 0.630. The molecular weight excluding hydrogens is 198 g/mol. The van der Waals surface area contributed by atoms with Crippen LogP contribution in [-0.2, 0) is 6.54 Å². The Balaban J connectivity index is 2.16. The highest BCUT2D eigenvalue weighted by Crippen LogP contribution is 1.97. The maximum absolute atomic E-state index is 4.09. The molecule has 90 valence electrons. The van der Waals surface area contributed by atoms with Gasteiger partial charge in [-0.1, -0.05) is 13.0 Å². The number of nitrogens with one attached hydrogen (secondary N) is 1. The first-order valence-electron chi connectivity index (χ1n) is 6.07. The minimum Gasteiger partial charge on any atom is -0.311 e. The largest absolute Gasteiger partial charge is 0.311 e. The van der Waals surface area contributed by atoms with Crippen LogP contribution in [-0.4, -0.2) is 35.6 Å². The van der Waals surface area contributed by atoms with Crippen LogP contribution in [0.5, 0.6) is 0 Å². The van der Waals surface area contributed by atoms with E-state index < -0.39 is 0 Å². The lowest BCUT2D eigenvalue weighted by atomic mass is 10.3. The number of hydrogen-bond acceptors (Lipinski definition) is 3. The summed E-state index contributed by atoms with van der Waals surface area (Å²) in [7, 11) is 0. The van der Waals surface area contributed by atoms with Gasteiger partial charge in [-0.05, 0) is 32.0 Å². The van der Waals surface area contributed by atoms with Gasteiger partial charge in [0.25, 0.3) is 0 Å². The maximum Gasteiger partial charge on any atom is 0.0312 e. The molecule has 0 fully saturated rings. The van der Waals surface area contributed by atoms with Gasteiger partial charge in [-0.3, -0.25) is 9.88 Å². The van der Waals surface area contributed by atoms with Gasteiger partial charge in [0.05, 0.1) is 0 Å². The summed E-state index contributed by atoms with van der Waals surface area (Å²) in [5.74, 6) is 0. The van der Waals surface area contributed by atoms with Gasteiger partial charge in [-0.25, -0.2) is 0 Å². The number of pyridine rings is 1. The normalized spacial score (nSPS) is 11.3. The Morgan fingerprint density at radius 2 is 2.25 bits per heavy atom. The molecule has 0 aromatic carbocycles. The molecule has 1 heterocycles. The van der Waals surface area contributed by atoms with Crippen molar-refractivity contribution in [2.24, 2.45) is 0 Å². The zero-order chi connectivity index (χ0) is 11.8. The van der Waals surface area contributed by atoms with Crippen molar-refractivity contribution >= 4 is 0 Å². The van der Waals surface area contributed by atoms with Crippen LogP contribution in [0, 0.1) is 0 Å². The van der Waals surface area contributed by atoms with E-state index in [1.165, 1.54) is 5.56 Å². The third-order valence-corrected chi connectivity index (χ3v) is 2.76. The second-order valence-electron chi connectivity index (χ2n) is 4.26. The third kappa shape index (κ3) is 4.73. The molecule has 1 N–H and O–H groups in total. The average molecular weight is 221 g/mol. The van der Waals surface area contributed by atoms with Crippen molar-refractivity contribution in [2.75, 3.05) is 19.6 Å².